The molecular weight excluding hydrogens is 390 g/mol. The SMILES string of the molecule is Cc1ccccc1N1CCN(CC(=O)N2c3ccccc3Sc3ccccc32)CC1. The Bertz CT molecular complexity index is 1030. The van der Waals surface area contributed by atoms with Gasteiger partial charge in [-0.3, -0.25) is 14.6 Å². The van der Waals surface area contributed by atoms with E-state index in [0.717, 1.165) is 47.3 Å². The fraction of sp³-hybridized carbons (Fsp3) is 0.240. The molecule has 0 atom stereocenters. The van der Waals surface area contributed by atoms with Gasteiger partial charge in [0.15, 0.2) is 0 Å². The van der Waals surface area contributed by atoms with Crippen LogP contribution in [0.2, 0.25) is 0 Å². The predicted octanol–water partition coefficient (Wildman–Crippen LogP) is 4.95. The Labute approximate surface area is 182 Å². The minimum atomic E-state index is 0.138. The van der Waals surface area contributed by atoms with E-state index in [1.807, 2.05) is 41.3 Å². The maximum absolute atomic E-state index is 13.5. The zero-order chi connectivity index (χ0) is 20.5. The van der Waals surface area contributed by atoms with E-state index in [1.54, 1.807) is 11.8 Å². The number of anilines is 3. The Morgan fingerprint density at radius 3 is 1.90 bits per heavy atom. The molecule has 30 heavy (non-hydrogen) atoms. The van der Waals surface area contributed by atoms with Crippen LogP contribution in [0.5, 0.6) is 0 Å². The van der Waals surface area contributed by atoms with Crippen molar-refractivity contribution in [3.05, 3.63) is 78.4 Å². The Morgan fingerprint density at radius 2 is 1.30 bits per heavy atom. The van der Waals surface area contributed by atoms with E-state index in [9.17, 15) is 4.79 Å². The number of benzene rings is 3. The minimum absolute atomic E-state index is 0.138. The lowest BCUT2D eigenvalue weighted by atomic mass is 10.1. The fourth-order valence-electron chi connectivity index (χ4n) is 4.30. The van der Waals surface area contributed by atoms with Crippen molar-refractivity contribution in [2.75, 3.05) is 42.5 Å². The van der Waals surface area contributed by atoms with E-state index in [-0.39, 0.29) is 5.91 Å². The molecule has 1 saturated heterocycles. The summed E-state index contributed by atoms with van der Waals surface area (Å²) in [6.07, 6.45) is 0. The lowest BCUT2D eigenvalue weighted by Crippen LogP contribution is -2.50. The van der Waals surface area contributed by atoms with E-state index >= 15 is 0 Å². The molecule has 3 aromatic carbocycles. The van der Waals surface area contributed by atoms with Crippen LogP contribution in [-0.2, 0) is 4.79 Å². The van der Waals surface area contributed by atoms with Crippen LogP contribution in [-0.4, -0.2) is 43.5 Å². The lowest BCUT2D eigenvalue weighted by Gasteiger charge is -2.38. The van der Waals surface area contributed by atoms with Crippen LogP contribution >= 0.6 is 11.8 Å². The molecule has 5 rings (SSSR count). The zero-order valence-corrected chi connectivity index (χ0v) is 17.9. The van der Waals surface area contributed by atoms with Crippen molar-refractivity contribution in [1.29, 1.82) is 0 Å². The Kier molecular flexibility index (Phi) is 5.23. The molecule has 2 aliphatic rings. The number of amides is 1. The van der Waals surface area contributed by atoms with Crippen molar-refractivity contribution in [3.8, 4) is 0 Å². The molecule has 0 radical (unpaired) electrons. The van der Waals surface area contributed by atoms with Gasteiger partial charge in [-0.25, -0.2) is 0 Å². The second kappa shape index (κ2) is 8.17. The standard InChI is InChI=1S/C25H25N3OS/c1-19-8-2-3-9-20(19)27-16-14-26(15-17-27)18-25(29)28-21-10-4-6-12-23(21)30-24-13-7-5-11-22(24)28/h2-13H,14-18H2,1H3. The second-order valence-corrected chi connectivity index (χ2v) is 8.90. The van der Waals surface area contributed by atoms with Gasteiger partial charge in [0.25, 0.3) is 0 Å². The predicted molar refractivity (Wildman–Crippen MR) is 124 cm³/mol. The van der Waals surface area contributed by atoms with E-state index < -0.39 is 0 Å². The summed E-state index contributed by atoms with van der Waals surface area (Å²) in [5.41, 5.74) is 4.59. The smallest absolute Gasteiger partial charge is 0.245 e. The summed E-state index contributed by atoms with van der Waals surface area (Å²) in [7, 11) is 0. The number of hydrogen-bond acceptors (Lipinski definition) is 4. The molecule has 0 aromatic heterocycles. The van der Waals surface area contributed by atoms with Gasteiger partial charge in [-0.2, -0.15) is 0 Å². The number of fused-ring (bicyclic) bond motifs is 2. The lowest BCUT2D eigenvalue weighted by molar-refractivity contribution is -0.119. The van der Waals surface area contributed by atoms with E-state index in [1.165, 1.54) is 11.3 Å². The molecule has 5 heteroatoms. The summed E-state index contributed by atoms with van der Waals surface area (Å²) in [6, 6.07) is 24.9. The van der Waals surface area contributed by atoms with Crippen molar-refractivity contribution in [2.24, 2.45) is 0 Å². The number of para-hydroxylation sites is 3. The number of carbonyl (C=O) groups is 1. The first kappa shape index (κ1) is 19.2. The average Bonchev–Trinajstić information content (AvgIpc) is 2.78. The molecule has 0 spiro atoms. The highest BCUT2D eigenvalue weighted by atomic mass is 32.2. The number of carbonyl (C=O) groups excluding carboxylic acids is 1. The molecule has 4 nitrogen and oxygen atoms in total. The van der Waals surface area contributed by atoms with E-state index in [0.29, 0.717) is 6.54 Å². The van der Waals surface area contributed by atoms with Gasteiger partial charge in [0, 0.05) is 41.7 Å². The van der Waals surface area contributed by atoms with E-state index in [2.05, 4.69) is 53.1 Å². The van der Waals surface area contributed by atoms with Crippen molar-refractivity contribution < 1.29 is 4.79 Å². The molecule has 2 aliphatic heterocycles. The van der Waals surface area contributed by atoms with Crippen LogP contribution in [0.3, 0.4) is 0 Å². The highest BCUT2D eigenvalue weighted by Gasteiger charge is 2.29. The number of hydrogen-bond donors (Lipinski definition) is 0. The largest absolute Gasteiger partial charge is 0.369 e. The highest BCUT2D eigenvalue weighted by molar-refractivity contribution is 7.99. The fourth-order valence-corrected chi connectivity index (χ4v) is 5.36. The van der Waals surface area contributed by atoms with Crippen LogP contribution in [0.15, 0.2) is 82.6 Å². The van der Waals surface area contributed by atoms with Crippen molar-refractivity contribution >= 4 is 34.7 Å². The summed E-state index contributed by atoms with van der Waals surface area (Å²) in [4.78, 5) is 22.3. The molecule has 3 aromatic rings. The van der Waals surface area contributed by atoms with Gasteiger partial charge in [-0.1, -0.05) is 54.2 Å². The molecule has 0 N–H and O–H groups in total. The molecule has 0 aliphatic carbocycles. The molecule has 2 heterocycles. The van der Waals surface area contributed by atoms with Gasteiger partial charge < -0.3 is 4.90 Å². The van der Waals surface area contributed by atoms with Gasteiger partial charge in [0.05, 0.1) is 17.9 Å². The van der Waals surface area contributed by atoms with Crippen LogP contribution < -0.4 is 9.80 Å². The summed E-state index contributed by atoms with van der Waals surface area (Å²) < 4.78 is 0. The summed E-state index contributed by atoms with van der Waals surface area (Å²) >= 11 is 1.73. The first-order chi connectivity index (χ1) is 14.7. The molecule has 0 bridgehead atoms. The Balaban J connectivity index is 1.32. The van der Waals surface area contributed by atoms with Crippen LogP contribution in [0.1, 0.15) is 5.56 Å². The highest BCUT2D eigenvalue weighted by Crippen LogP contribution is 2.47. The first-order valence-corrected chi connectivity index (χ1v) is 11.2. The number of nitrogens with zero attached hydrogens (tertiary/aromatic N) is 3. The average molecular weight is 416 g/mol. The Morgan fingerprint density at radius 1 is 0.767 bits per heavy atom. The minimum Gasteiger partial charge on any atom is -0.369 e. The van der Waals surface area contributed by atoms with Crippen molar-refractivity contribution in [1.82, 2.24) is 4.90 Å². The van der Waals surface area contributed by atoms with Crippen LogP contribution in [0, 0.1) is 6.92 Å². The van der Waals surface area contributed by atoms with Gasteiger partial charge in [0.2, 0.25) is 5.91 Å². The monoisotopic (exact) mass is 415 g/mol. The van der Waals surface area contributed by atoms with Crippen LogP contribution in [0.4, 0.5) is 17.1 Å². The quantitative estimate of drug-likeness (QED) is 0.605. The third kappa shape index (κ3) is 3.59. The molecule has 152 valence electrons. The molecule has 0 saturated carbocycles. The van der Waals surface area contributed by atoms with Gasteiger partial charge >= 0.3 is 0 Å². The third-order valence-corrected chi connectivity index (χ3v) is 7.00. The first-order valence-electron chi connectivity index (χ1n) is 10.4. The second-order valence-electron chi connectivity index (χ2n) is 7.82. The zero-order valence-electron chi connectivity index (χ0n) is 17.1. The molecular formula is C25H25N3OS. The maximum atomic E-state index is 13.5. The topological polar surface area (TPSA) is 26.8 Å². The maximum Gasteiger partial charge on any atom is 0.245 e. The number of rotatable bonds is 3. The third-order valence-electron chi connectivity index (χ3n) is 5.87. The molecule has 1 fully saturated rings. The normalized spacial score (nSPS) is 16.2. The molecule has 0 unspecified atom stereocenters. The van der Waals surface area contributed by atoms with E-state index in [4.69, 9.17) is 0 Å². The van der Waals surface area contributed by atoms with Crippen molar-refractivity contribution in [2.45, 2.75) is 16.7 Å². The summed E-state index contributed by atoms with van der Waals surface area (Å²) in [5.74, 6) is 0.138. The van der Waals surface area contributed by atoms with Crippen molar-refractivity contribution in [3.63, 3.8) is 0 Å². The molecule has 1 amide bonds. The number of aryl methyl sites for hydroxylation is 1. The summed E-state index contributed by atoms with van der Waals surface area (Å²) in [6.45, 7) is 6.28. The van der Waals surface area contributed by atoms with Gasteiger partial charge in [-0.15, -0.1) is 0 Å². The van der Waals surface area contributed by atoms with Gasteiger partial charge in [-0.05, 0) is 42.8 Å². The Hall–Kier alpha value is -2.76. The van der Waals surface area contributed by atoms with Crippen LogP contribution in [0.25, 0.3) is 0 Å². The van der Waals surface area contributed by atoms with Gasteiger partial charge in [0.1, 0.15) is 0 Å². The summed E-state index contributed by atoms with van der Waals surface area (Å²) in [5, 5.41) is 0. The number of piperazine rings is 1.